The summed E-state index contributed by atoms with van der Waals surface area (Å²) in [6.45, 7) is 0.0171. The zero-order chi connectivity index (χ0) is 17.4. The first-order chi connectivity index (χ1) is 11.3. The Morgan fingerprint density at radius 1 is 0.708 bits per heavy atom. The zero-order valence-electron chi connectivity index (χ0n) is 12.5. The van der Waals surface area contributed by atoms with Crippen molar-refractivity contribution in [3.05, 3.63) is 59.6 Å². The topological polar surface area (TPSA) is 74.8 Å². The van der Waals surface area contributed by atoms with Crippen LogP contribution in [0.15, 0.2) is 64.4 Å². The van der Waals surface area contributed by atoms with Crippen molar-refractivity contribution in [3.63, 3.8) is 0 Å². The summed E-state index contributed by atoms with van der Waals surface area (Å²) in [6, 6.07) is 13.8. The number of rotatable bonds is 4. The van der Waals surface area contributed by atoms with Crippen molar-refractivity contribution in [2.24, 2.45) is 0 Å². The fraction of sp³-hybridized carbons (Fsp3) is 0.200. The van der Waals surface area contributed by atoms with Gasteiger partial charge in [-0.3, -0.25) is 0 Å². The van der Waals surface area contributed by atoms with Gasteiger partial charge in [0.2, 0.25) is 20.0 Å². The number of benzene rings is 2. The molecule has 2 aromatic carbocycles. The molecular weight excluding hydrogens is 372 g/mol. The van der Waals surface area contributed by atoms with Crippen molar-refractivity contribution in [3.8, 4) is 0 Å². The summed E-state index contributed by atoms with van der Waals surface area (Å²) in [7, 11) is -7.48. The lowest BCUT2D eigenvalue weighted by Gasteiger charge is -2.18. The molecule has 1 fully saturated rings. The summed E-state index contributed by atoms with van der Waals surface area (Å²) in [4.78, 5) is 0.238. The fourth-order valence-electron chi connectivity index (χ4n) is 2.43. The van der Waals surface area contributed by atoms with Crippen molar-refractivity contribution in [2.75, 3.05) is 19.8 Å². The minimum atomic E-state index is -3.76. The molecule has 128 valence electrons. The Morgan fingerprint density at radius 3 is 1.67 bits per heavy atom. The first-order valence-electron chi connectivity index (χ1n) is 7.13. The second-order valence-corrected chi connectivity index (χ2v) is 9.58. The molecule has 3 rings (SSSR count). The number of hydrogen-bond donors (Lipinski definition) is 0. The quantitative estimate of drug-likeness (QED) is 0.805. The van der Waals surface area contributed by atoms with Crippen LogP contribution in [0.1, 0.15) is 0 Å². The van der Waals surface area contributed by atoms with E-state index in [-0.39, 0.29) is 29.5 Å². The van der Waals surface area contributed by atoms with E-state index < -0.39 is 20.0 Å². The summed E-state index contributed by atoms with van der Waals surface area (Å²) in [5.74, 6) is 0. The molecule has 0 aromatic heterocycles. The van der Waals surface area contributed by atoms with Crippen LogP contribution >= 0.6 is 11.6 Å². The molecule has 1 heterocycles. The summed E-state index contributed by atoms with van der Waals surface area (Å²) < 4.78 is 52.7. The monoisotopic (exact) mass is 386 g/mol. The third kappa shape index (κ3) is 3.20. The van der Waals surface area contributed by atoms with E-state index in [4.69, 9.17) is 11.6 Å². The number of nitrogens with zero attached hydrogens (tertiary/aromatic N) is 2. The van der Waals surface area contributed by atoms with Crippen LogP contribution < -0.4 is 0 Å². The van der Waals surface area contributed by atoms with Gasteiger partial charge in [0.1, 0.15) is 0 Å². The van der Waals surface area contributed by atoms with Crippen LogP contribution in [0.5, 0.6) is 0 Å². The molecule has 0 atom stereocenters. The van der Waals surface area contributed by atoms with E-state index in [1.54, 1.807) is 18.2 Å². The standard InChI is InChI=1S/C15H15ClN2O4S2/c16-13-6-8-15(9-7-13)24(21,22)18-11-10-17(12-18)23(19,20)14-4-2-1-3-5-14/h1-9H,10-12H2. The van der Waals surface area contributed by atoms with Crippen LogP contribution in [0.25, 0.3) is 0 Å². The van der Waals surface area contributed by atoms with Gasteiger partial charge < -0.3 is 0 Å². The predicted octanol–water partition coefficient (Wildman–Crippen LogP) is 1.99. The zero-order valence-corrected chi connectivity index (χ0v) is 14.9. The number of hydrogen-bond acceptors (Lipinski definition) is 4. The van der Waals surface area contributed by atoms with Gasteiger partial charge in [-0.25, -0.2) is 16.8 Å². The largest absolute Gasteiger partial charge is 0.244 e. The molecule has 2 aromatic rings. The summed E-state index contributed by atoms with van der Waals surface area (Å²) in [5.41, 5.74) is 0. The van der Waals surface area contributed by atoms with E-state index in [9.17, 15) is 16.8 Å². The molecular formula is C15H15ClN2O4S2. The highest BCUT2D eigenvalue weighted by Gasteiger charge is 2.37. The van der Waals surface area contributed by atoms with Crippen molar-refractivity contribution in [1.82, 2.24) is 8.61 Å². The molecule has 0 spiro atoms. The molecule has 0 saturated carbocycles. The van der Waals surface area contributed by atoms with Gasteiger partial charge in [0, 0.05) is 18.1 Å². The van der Waals surface area contributed by atoms with Gasteiger partial charge in [0.25, 0.3) is 0 Å². The van der Waals surface area contributed by atoms with E-state index in [1.165, 1.54) is 36.4 Å². The lowest BCUT2D eigenvalue weighted by Crippen LogP contribution is -2.34. The fourth-order valence-corrected chi connectivity index (χ4v) is 5.43. The van der Waals surface area contributed by atoms with Gasteiger partial charge in [0.05, 0.1) is 16.5 Å². The van der Waals surface area contributed by atoms with Gasteiger partial charge in [-0.2, -0.15) is 8.61 Å². The maximum absolute atomic E-state index is 12.6. The van der Waals surface area contributed by atoms with Crippen molar-refractivity contribution in [2.45, 2.75) is 9.79 Å². The Bertz CT molecular complexity index is 929. The molecule has 9 heteroatoms. The molecule has 1 aliphatic heterocycles. The second-order valence-electron chi connectivity index (χ2n) is 5.27. The predicted molar refractivity (Wildman–Crippen MR) is 90.5 cm³/mol. The Kier molecular flexibility index (Phi) is 4.67. The molecule has 0 bridgehead atoms. The minimum Gasteiger partial charge on any atom is -0.207 e. The molecule has 0 radical (unpaired) electrons. The molecule has 0 unspecified atom stereocenters. The lowest BCUT2D eigenvalue weighted by atomic mass is 10.4. The summed E-state index contributed by atoms with van der Waals surface area (Å²) in [5, 5.41) is 0.434. The highest BCUT2D eigenvalue weighted by atomic mass is 35.5. The molecule has 0 aliphatic carbocycles. The third-order valence-corrected chi connectivity index (χ3v) is 7.69. The maximum atomic E-state index is 12.6. The first kappa shape index (κ1) is 17.4. The van der Waals surface area contributed by atoms with E-state index in [0.717, 1.165) is 8.61 Å². The normalized spacial score (nSPS) is 17.2. The Labute approximate surface area is 146 Å². The Morgan fingerprint density at radius 2 is 1.17 bits per heavy atom. The maximum Gasteiger partial charge on any atom is 0.244 e. The highest BCUT2D eigenvalue weighted by Crippen LogP contribution is 2.24. The minimum absolute atomic E-state index is 0.0888. The van der Waals surface area contributed by atoms with Gasteiger partial charge in [0.15, 0.2) is 0 Å². The molecule has 1 saturated heterocycles. The third-order valence-electron chi connectivity index (χ3n) is 3.75. The van der Waals surface area contributed by atoms with E-state index >= 15 is 0 Å². The van der Waals surface area contributed by atoms with Crippen LogP contribution in [-0.4, -0.2) is 45.2 Å². The van der Waals surface area contributed by atoms with Crippen LogP contribution in [0.3, 0.4) is 0 Å². The van der Waals surface area contributed by atoms with Crippen LogP contribution in [0.4, 0.5) is 0 Å². The highest BCUT2D eigenvalue weighted by molar-refractivity contribution is 7.90. The van der Waals surface area contributed by atoms with Crippen LogP contribution in [0.2, 0.25) is 5.02 Å². The molecule has 0 N–H and O–H groups in total. The molecule has 0 amide bonds. The smallest absolute Gasteiger partial charge is 0.207 e. The van der Waals surface area contributed by atoms with Crippen molar-refractivity contribution in [1.29, 1.82) is 0 Å². The van der Waals surface area contributed by atoms with Crippen LogP contribution in [0, 0.1) is 0 Å². The molecule has 1 aliphatic rings. The van der Waals surface area contributed by atoms with Gasteiger partial charge in [-0.15, -0.1) is 0 Å². The average Bonchev–Trinajstić information content (AvgIpc) is 3.08. The van der Waals surface area contributed by atoms with Crippen molar-refractivity contribution < 1.29 is 16.8 Å². The van der Waals surface area contributed by atoms with Crippen molar-refractivity contribution >= 4 is 31.6 Å². The Balaban J connectivity index is 1.84. The van der Waals surface area contributed by atoms with Gasteiger partial charge in [-0.1, -0.05) is 29.8 Å². The van der Waals surface area contributed by atoms with E-state index in [0.29, 0.717) is 5.02 Å². The van der Waals surface area contributed by atoms with E-state index in [1.807, 2.05) is 0 Å². The number of sulfonamides is 2. The van der Waals surface area contributed by atoms with Gasteiger partial charge >= 0.3 is 0 Å². The average molecular weight is 387 g/mol. The second kappa shape index (κ2) is 6.45. The first-order valence-corrected chi connectivity index (χ1v) is 10.4. The Hall–Kier alpha value is -1.45. The SMILES string of the molecule is O=S(=O)(c1ccccc1)N1CCN(S(=O)(=O)c2ccc(Cl)cc2)C1. The van der Waals surface area contributed by atoms with Crippen LogP contribution in [-0.2, 0) is 20.0 Å². The van der Waals surface area contributed by atoms with E-state index in [2.05, 4.69) is 0 Å². The molecule has 6 nitrogen and oxygen atoms in total. The number of halogens is 1. The molecule has 24 heavy (non-hydrogen) atoms. The van der Waals surface area contributed by atoms with Gasteiger partial charge in [-0.05, 0) is 36.4 Å². The summed E-state index contributed by atoms with van der Waals surface area (Å²) in [6.07, 6.45) is 0. The lowest BCUT2D eigenvalue weighted by molar-refractivity contribution is 0.414. The summed E-state index contributed by atoms with van der Waals surface area (Å²) >= 11 is 5.78.